The highest BCUT2D eigenvalue weighted by Crippen LogP contribution is 2.38. The van der Waals surface area contributed by atoms with E-state index >= 15 is 0 Å². The molecule has 0 bridgehead atoms. The van der Waals surface area contributed by atoms with Gasteiger partial charge in [-0.25, -0.2) is 0 Å². The Bertz CT molecular complexity index is 542. The maximum atomic E-state index is 6.02. The molecular formula is C16H21BrN2O. The molecule has 0 radical (unpaired) electrons. The summed E-state index contributed by atoms with van der Waals surface area (Å²) in [6.45, 7) is 4.39. The van der Waals surface area contributed by atoms with Gasteiger partial charge in [-0.1, -0.05) is 59.9 Å². The molecule has 0 aliphatic rings. The summed E-state index contributed by atoms with van der Waals surface area (Å²) in [6.07, 6.45) is 4.47. The number of benzene rings is 1. The molecule has 0 atom stereocenters. The first-order valence-corrected chi connectivity index (χ1v) is 7.97. The van der Waals surface area contributed by atoms with Gasteiger partial charge in [0.2, 0.25) is 0 Å². The summed E-state index contributed by atoms with van der Waals surface area (Å²) >= 11 is 3.45. The van der Waals surface area contributed by atoms with E-state index in [1.165, 1.54) is 0 Å². The molecule has 1 heterocycles. The van der Waals surface area contributed by atoms with Gasteiger partial charge in [0.15, 0.2) is 5.82 Å². The third-order valence-electron chi connectivity index (χ3n) is 3.52. The van der Waals surface area contributed by atoms with Crippen LogP contribution in [0.5, 0.6) is 0 Å². The fourth-order valence-electron chi connectivity index (χ4n) is 2.60. The number of halogens is 1. The van der Waals surface area contributed by atoms with Crippen molar-refractivity contribution in [3.63, 3.8) is 0 Å². The molecular weight excluding hydrogens is 316 g/mol. The van der Waals surface area contributed by atoms with Crippen molar-refractivity contribution < 1.29 is 4.52 Å². The van der Waals surface area contributed by atoms with Crippen LogP contribution >= 0.6 is 15.9 Å². The molecule has 1 aromatic carbocycles. The van der Waals surface area contributed by atoms with Gasteiger partial charge in [0.25, 0.3) is 0 Å². The van der Waals surface area contributed by atoms with E-state index in [4.69, 9.17) is 10.3 Å². The van der Waals surface area contributed by atoms with Crippen LogP contribution in [0.15, 0.2) is 33.3 Å². The van der Waals surface area contributed by atoms with Gasteiger partial charge in [-0.15, -0.1) is 0 Å². The number of nitrogen functional groups attached to an aromatic ring is 1. The van der Waals surface area contributed by atoms with Gasteiger partial charge >= 0.3 is 0 Å². The minimum atomic E-state index is 0.397. The van der Waals surface area contributed by atoms with E-state index in [9.17, 15) is 0 Å². The fourth-order valence-corrected chi connectivity index (χ4v) is 2.87. The summed E-state index contributed by atoms with van der Waals surface area (Å²) in [4.78, 5) is 0. The smallest absolute Gasteiger partial charge is 0.175 e. The molecule has 4 heteroatoms. The highest BCUT2D eigenvalue weighted by molar-refractivity contribution is 9.10. The summed E-state index contributed by atoms with van der Waals surface area (Å²) in [6, 6.07) is 8.12. The lowest BCUT2D eigenvalue weighted by Crippen LogP contribution is -1.99. The molecule has 1 aromatic heterocycles. The van der Waals surface area contributed by atoms with Crippen molar-refractivity contribution in [2.45, 2.75) is 45.4 Å². The Morgan fingerprint density at radius 3 is 2.30 bits per heavy atom. The van der Waals surface area contributed by atoms with Gasteiger partial charge in [-0.2, -0.15) is 0 Å². The second-order valence-electron chi connectivity index (χ2n) is 5.09. The first-order chi connectivity index (χ1) is 9.67. The van der Waals surface area contributed by atoms with Crippen LogP contribution in [0.4, 0.5) is 5.82 Å². The molecule has 0 unspecified atom stereocenters. The molecule has 0 fully saturated rings. The molecule has 0 aliphatic heterocycles. The summed E-state index contributed by atoms with van der Waals surface area (Å²) < 4.78 is 6.61. The van der Waals surface area contributed by atoms with Crippen molar-refractivity contribution in [3.8, 4) is 11.1 Å². The third-order valence-corrected chi connectivity index (χ3v) is 4.05. The molecule has 2 rings (SSSR count). The van der Waals surface area contributed by atoms with Crippen LogP contribution in [0.2, 0.25) is 0 Å². The van der Waals surface area contributed by atoms with Crippen LogP contribution in [0, 0.1) is 0 Å². The molecule has 2 aromatic rings. The Balaban J connectivity index is 2.42. The number of anilines is 1. The first-order valence-electron chi connectivity index (χ1n) is 7.18. The number of nitrogens with zero attached hydrogens (tertiary/aromatic N) is 1. The van der Waals surface area contributed by atoms with Gasteiger partial charge in [0.1, 0.15) is 5.76 Å². The number of hydrogen-bond donors (Lipinski definition) is 1. The van der Waals surface area contributed by atoms with E-state index in [1.54, 1.807) is 0 Å². The minimum absolute atomic E-state index is 0.397. The third kappa shape index (κ3) is 3.23. The van der Waals surface area contributed by atoms with Crippen molar-refractivity contribution in [2.24, 2.45) is 0 Å². The summed E-state index contributed by atoms with van der Waals surface area (Å²) in [5.74, 6) is 1.82. The van der Waals surface area contributed by atoms with Crippen molar-refractivity contribution in [1.82, 2.24) is 5.16 Å². The van der Waals surface area contributed by atoms with Crippen molar-refractivity contribution in [1.29, 1.82) is 0 Å². The molecule has 3 nitrogen and oxygen atoms in total. The molecule has 0 spiro atoms. The van der Waals surface area contributed by atoms with Crippen LogP contribution in [-0.2, 0) is 0 Å². The predicted molar refractivity (Wildman–Crippen MR) is 86.6 cm³/mol. The Labute approximate surface area is 128 Å². The van der Waals surface area contributed by atoms with Crippen molar-refractivity contribution in [2.75, 3.05) is 5.73 Å². The Morgan fingerprint density at radius 2 is 1.75 bits per heavy atom. The molecule has 20 heavy (non-hydrogen) atoms. The Morgan fingerprint density at radius 1 is 1.15 bits per heavy atom. The van der Waals surface area contributed by atoms with E-state index in [0.29, 0.717) is 11.7 Å². The van der Waals surface area contributed by atoms with E-state index in [0.717, 1.165) is 47.0 Å². The summed E-state index contributed by atoms with van der Waals surface area (Å²) in [5.41, 5.74) is 8.06. The normalized spacial score (nSPS) is 11.2. The van der Waals surface area contributed by atoms with Gasteiger partial charge in [0, 0.05) is 10.4 Å². The van der Waals surface area contributed by atoms with Crippen LogP contribution in [0.3, 0.4) is 0 Å². The predicted octanol–water partition coefficient (Wildman–Crippen LogP) is 5.37. The van der Waals surface area contributed by atoms with Crippen LogP contribution in [0.25, 0.3) is 11.1 Å². The molecule has 2 N–H and O–H groups in total. The largest absolute Gasteiger partial charge is 0.380 e. The lowest BCUT2D eigenvalue weighted by atomic mass is 9.91. The average molecular weight is 337 g/mol. The van der Waals surface area contributed by atoms with Gasteiger partial charge in [0.05, 0.1) is 5.56 Å². The highest BCUT2D eigenvalue weighted by atomic mass is 79.9. The van der Waals surface area contributed by atoms with Crippen molar-refractivity contribution in [3.05, 3.63) is 34.5 Å². The summed E-state index contributed by atoms with van der Waals surface area (Å²) in [7, 11) is 0. The molecule has 0 amide bonds. The van der Waals surface area contributed by atoms with Gasteiger partial charge in [-0.05, 0) is 30.5 Å². The van der Waals surface area contributed by atoms with Crippen LogP contribution in [-0.4, -0.2) is 5.16 Å². The quantitative estimate of drug-likeness (QED) is 0.771. The monoisotopic (exact) mass is 336 g/mol. The molecule has 108 valence electrons. The van der Waals surface area contributed by atoms with Crippen molar-refractivity contribution >= 4 is 21.7 Å². The second-order valence-corrected chi connectivity index (χ2v) is 6.00. The van der Waals surface area contributed by atoms with E-state index in [2.05, 4.69) is 34.9 Å². The average Bonchev–Trinajstić information content (AvgIpc) is 2.81. The maximum absolute atomic E-state index is 6.02. The topological polar surface area (TPSA) is 52.0 Å². The lowest BCUT2D eigenvalue weighted by Gasteiger charge is -2.13. The van der Waals surface area contributed by atoms with Crippen LogP contribution < -0.4 is 5.73 Å². The number of nitrogens with two attached hydrogens (primary N) is 1. The van der Waals surface area contributed by atoms with Gasteiger partial charge < -0.3 is 10.3 Å². The van der Waals surface area contributed by atoms with E-state index in [-0.39, 0.29) is 0 Å². The zero-order valence-corrected chi connectivity index (χ0v) is 13.6. The molecule has 0 saturated carbocycles. The highest BCUT2D eigenvalue weighted by Gasteiger charge is 2.23. The first kappa shape index (κ1) is 15.1. The fraction of sp³-hybridized carbons (Fsp3) is 0.438. The van der Waals surface area contributed by atoms with Crippen LogP contribution in [0.1, 0.15) is 51.2 Å². The summed E-state index contributed by atoms with van der Waals surface area (Å²) in [5, 5.41) is 3.99. The number of rotatable bonds is 6. The standard InChI is InChI=1S/C16H21BrN2O/c1-3-5-12(6-4-2)15-14(16(18)19-20-15)11-7-9-13(17)10-8-11/h7-10,12H,3-6H2,1-2H3,(H2,18,19). The zero-order valence-electron chi connectivity index (χ0n) is 12.0. The minimum Gasteiger partial charge on any atom is -0.380 e. The van der Waals surface area contributed by atoms with E-state index in [1.807, 2.05) is 24.3 Å². The number of aromatic nitrogens is 1. The van der Waals surface area contributed by atoms with Gasteiger partial charge in [-0.3, -0.25) is 0 Å². The zero-order chi connectivity index (χ0) is 14.5. The SMILES string of the molecule is CCCC(CCC)c1onc(N)c1-c1ccc(Br)cc1. The Hall–Kier alpha value is -1.29. The molecule has 0 aliphatic carbocycles. The van der Waals surface area contributed by atoms with E-state index < -0.39 is 0 Å². The Kier molecular flexibility index (Phi) is 5.24. The number of hydrogen-bond acceptors (Lipinski definition) is 3. The molecule has 0 saturated heterocycles. The lowest BCUT2D eigenvalue weighted by molar-refractivity contribution is 0.346. The second kappa shape index (κ2) is 6.93. The maximum Gasteiger partial charge on any atom is 0.175 e.